The summed E-state index contributed by atoms with van der Waals surface area (Å²) >= 11 is 0. The number of aromatic nitrogens is 2. The third-order valence-electron chi connectivity index (χ3n) is 12.3. The maximum atomic E-state index is 2.43. The number of benzene rings is 7. The molecular formula is C54H36N2. The normalized spacial score (nSPS) is 16.9. The minimum Gasteiger partial charge on any atom is -0.309 e. The Morgan fingerprint density at radius 2 is 0.750 bits per heavy atom. The number of allylic oxidation sites excluding steroid dienone is 8. The number of fused-ring (bicyclic) bond motifs is 10. The topological polar surface area (TPSA) is 9.86 Å². The maximum absolute atomic E-state index is 2.43. The van der Waals surface area contributed by atoms with Crippen molar-refractivity contribution in [1.29, 1.82) is 0 Å². The molecule has 12 rings (SSSR count). The first kappa shape index (κ1) is 31.2. The fourth-order valence-electron chi connectivity index (χ4n) is 9.74. The summed E-state index contributed by atoms with van der Waals surface area (Å²) in [5.41, 5.74) is 14.9. The fourth-order valence-corrected chi connectivity index (χ4v) is 9.74. The van der Waals surface area contributed by atoms with Crippen molar-refractivity contribution in [2.45, 2.75) is 0 Å². The summed E-state index contributed by atoms with van der Waals surface area (Å²) in [6, 6.07) is 58.3. The summed E-state index contributed by atoms with van der Waals surface area (Å²) in [5.74, 6) is 0.741. The van der Waals surface area contributed by atoms with Crippen molar-refractivity contribution in [3.8, 4) is 33.6 Å². The van der Waals surface area contributed by atoms with Gasteiger partial charge in [-0.15, -0.1) is 0 Å². The van der Waals surface area contributed by atoms with Crippen molar-refractivity contribution in [2.75, 3.05) is 0 Å². The third-order valence-corrected chi connectivity index (χ3v) is 12.3. The van der Waals surface area contributed by atoms with Gasteiger partial charge in [-0.2, -0.15) is 0 Å². The van der Waals surface area contributed by atoms with Crippen LogP contribution in [-0.2, 0) is 0 Å². The Bertz CT molecular complexity index is 3350. The highest BCUT2D eigenvalue weighted by Gasteiger charge is 2.29. The summed E-state index contributed by atoms with van der Waals surface area (Å²) in [6.07, 6.45) is 18.2. The maximum Gasteiger partial charge on any atom is 0.0541 e. The van der Waals surface area contributed by atoms with Gasteiger partial charge in [0, 0.05) is 44.8 Å². The zero-order valence-corrected chi connectivity index (χ0v) is 30.7. The van der Waals surface area contributed by atoms with Crippen LogP contribution < -0.4 is 10.4 Å². The van der Waals surface area contributed by atoms with Gasteiger partial charge in [0.05, 0.1) is 22.1 Å². The molecule has 2 aromatic heterocycles. The van der Waals surface area contributed by atoms with E-state index < -0.39 is 0 Å². The Morgan fingerprint density at radius 1 is 0.321 bits per heavy atom. The number of nitrogens with zero attached hydrogens (tertiary/aromatic N) is 2. The van der Waals surface area contributed by atoms with Crippen LogP contribution in [0.25, 0.3) is 88.4 Å². The van der Waals surface area contributed by atoms with E-state index in [1.54, 1.807) is 0 Å². The van der Waals surface area contributed by atoms with Crippen molar-refractivity contribution in [3.63, 3.8) is 0 Å². The van der Waals surface area contributed by atoms with Crippen molar-refractivity contribution in [1.82, 2.24) is 9.13 Å². The molecule has 9 aromatic rings. The molecule has 0 aliphatic heterocycles. The van der Waals surface area contributed by atoms with Gasteiger partial charge in [-0.25, -0.2) is 0 Å². The predicted octanol–water partition coefficient (Wildman–Crippen LogP) is 12.0. The number of hydrogen-bond donors (Lipinski definition) is 0. The Kier molecular flexibility index (Phi) is 6.79. The van der Waals surface area contributed by atoms with E-state index in [1.807, 2.05) is 0 Å². The first-order valence-corrected chi connectivity index (χ1v) is 19.6. The Morgan fingerprint density at radius 3 is 1.30 bits per heavy atom. The lowest BCUT2D eigenvalue weighted by Crippen LogP contribution is -2.39. The van der Waals surface area contributed by atoms with Gasteiger partial charge in [-0.3, -0.25) is 0 Å². The molecule has 56 heavy (non-hydrogen) atoms. The third kappa shape index (κ3) is 4.63. The Labute approximate surface area is 324 Å². The van der Waals surface area contributed by atoms with Crippen LogP contribution >= 0.6 is 0 Å². The SMILES string of the molecule is C1=CC2=c3ccc(-c4ccc5c(c4)c4cc(-c6ccc7c(c6)c6ccccc6n7-c6ccccc6)ccc4n5-c4ccccc4)cc3=C3C=CC=CC3C2C=C1. The zero-order valence-electron chi connectivity index (χ0n) is 30.7. The summed E-state index contributed by atoms with van der Waals surface area (Å²) in [7, 11) is 0. The summed E-state index contributed by atoms with van der Waals surface area (Å²) < 4.78 is 4.80. The highest BCUT2D eigenvalue weighted by Crippen LogP contribution is 2.40. The number of para-hydroxylation sites is 3. The second-order valence-electron chi connectivity index (χ2n) is 15.3. The fraction of sp³-hybridized carbons (Fsp3) is 0.0370. The molecule has 2 atom stereocenters. The van der Waals surface area contributed by atoms with Gasteiger partial charge in [0.25, 0.3) is 0 Å². The summed E-state index contributed by atoms with van der Waals surface area (Å²) in [4.78, 5) is 0. The van der Waals surface area contributed by atoms with E-state index in [9.17, 15) is 0 Å². The summed E-state index contributed by atoms with van der Waals surface area (Å²) in [6.45, 7) is 0. The van der Waals surface area contributed by atoms with Crippen molar-refractivity contribution in [3.05, 3.63) is 217 Å². The number of hydrogen-bond acceptors (Lipinski definition) is 0. The molecule has 0 saturated heterocycles. The molecule has 0 saturated carbocycles. The van der Waals surface area contributed by atoms with Crippen molar-refractivity contribution < 1.29 is 0 Å². The zero-order chi connectivity index (χ0) is 36.7. The van der Waals surface area contributed by atoms with Crippen LogP contribution in [0.4, 0.5) is 0 Å². The van der Waals surface area contributed by atoms with Crippen LogP contribution in [0.1, 0.15) is 0 Å². The second kappa shape index (κ2) is 12.2. The minimum atomic E-state index is 0.359. The van der Waals surface area contributed by atoms with Gasteiger partial charge >= 0.3 is 0 Å². The van der Waals surface area contributed by atoms with Crippen LogP contribution in [0.3, 0.4) is 0 Å². The van der Waals surface area contributed by atoms with Gasteiger partial charge in [0.15, 0.2) is 0 Å². The molecule has 262 valence electrons. The van der Waals surface area contributed by atoms with E-state index in [0.717, 1.165) is 5.69 Å². The van der Waals surface area contributed by atoms with Crippen LogP contribution in [0.2, 0.25) is 0 Å². The largest absolute Gasteiger partial charge is 0.309 e. The van der Waals surface area contributed by atoms with E-state index in [4.69, 9.17) is 0 Å². The van der Waals surface area contributed by atoms with Crippen LogP contribution in [0.5, 0.6) is 0 Å². The van der Waals surface area contributed by atoms with Crippen LogP contribution in [0, 0.1) is 11.8 Å². The molecule has 2 heteroatoms. The lowest BCUT2D eigenvalue weighted by molar-refractivity contribution is 0.694. The highest BCUT2D eigenvalue weighted by molar-refractivity contribution is 6.13. The van der Waals surface area contributed by atoms with Gasteiger partial charge in [0.1, 0.15) is 0 Å². The Hall–Kier alpha value is -7.16. The Balaban J connectivity index is 1.06. The predicted molar refractivity (Wildman–Crippen MR) is 236 cm³/mol. The first-order valence-electron chi connectivity index (χ1n) is 19.6. The molecule has 2 nitrogen and oxygen atoms in total. The molecule has 2 unspecified atom stereocenters. The second-order valence-corrected chi connectivity index (χ2v) is 15.3. The first-order chi connectivity index (χ1) is 27.8. The molecule has 3 aliphatic carbocycles. The monoisotopic (exact) mass is 712 g/mol. The lowest BCUT2D eigenvalue weighted by Gasteiger charge is -2.31. The molecule has 0 bridgehead atoms. The van der Waals surface area contributed by atoms with Crippen LogP contribution in [-0.4, -0.2) is 9.13 Å². The molecule has 3 aliphatic rings. The molecule has 2 heterocycles. The van der Waals surface area contributed by atoms with Crippen molar-refractivity contribution >= 4 is 54.8 Å². The van der Waals surface area contributed by atoms with Gasteiger partial charge in [-0.05, 0) is 117 Å². The van der Waals surface area contributed by atoms with E-state index in [1.165, 1.54) is 93.1 Å². The molecule has 7 aromatic carbocycles. The van der Waals surface area contributed by atoms with Crippen LogP contribution in [0.15, 0.2) is 206 Å². The summed E-state index contributed by atoms with van der Waals surface area (Å²) in [5, 5.41) is 7.72. The van der Waals surface area contributed by atoms with Gasteiger partial charge in [0.2, 0.25) is 0 Å². The van der Waals surface area contributed by atoms with Gasteiger partial charge < -0.3 is 9.13 Å². The van der Waals surface area contributed by atoms with E-state index in [2.05, 4.69) is 215 Å². The standard InChI is InChI=1S/C54H36N2/c1-3-13-39(14-4-1)55-51-22-12-11-21-46(51)48-32-36(24-28-52(48)55)38-26-30-54-50(34-38)49-33-37(25-29-53(49)56(54)40-15-5-2-6-16-40)35-23-27-45-43-19-8-7-17-41(43)42-18-9-10-20-44(42)47(45)31-35/h1-34,41-42H. The van der Waals surface area contributed by atoms with E-state index in [0.29, 0.717) is 11.8 Å². The highest BCUT2D eigenvalue weighted by atomic mass is 15.0. The molecule has 0 N–H and O–H groups in total. The number of rotatable bonds is 4. The average molecular weight is 713 g/mol. The van der Waals surface area contributed by atoms with Crippen molar-refractivity contribution in [2.24, 2.45) is 11.8 Å². The smallest absolute Gasteiger partial charge is 0.0541 e. The minimum absolute atomic E-state index is 0.359. The molecular weight excluding hydrogens is 677 g/mol. The molecule has 0 radical (unpaired) electrons. The van der Waals surface area contributed by atoms with E-state index >= 15 is 0 Å². The quantitative estimate of drug-likeness (QED) is 0.172. The molecule has 0 fully saturated rings. The van der Waals surface area contributed by atoms with Gasteiger partial charge in [-0.1, -0.05) is 134 Å². The molecule has 0 spiro atoms. The lowest BCUT2D eigenvalue weighted by atomic mass is 9.72. The average Bonchev–Trinajstić information content (AvgIpc) is 3.78. The molecule has 0 amide bonds. The van der Waals surface area contributed by atoms with E-state index in [-0.39, 0.29) is 0 Å².